The van der Waals surface area contributed by atoms with Gasteiger partial charge in [0.25, 0.3) is 0 Å². The summed E-state index contributed by atoms with van der Waals surface area (Å²) in [5.74, 6) is -0.754. The number of aliphatic carboxylic acids is 1. The van der Waals surface area contributed by atoms with E-state index < -0.39 is 5.97 Å². The molecule has 0 saturated carbocycles. The summed E-state index contributed by atoms with van der Waals surface area (Å²) >= 11 is 0. The summed E-state index contributed by atoms with van der Waals surface area (Å²) < 4.78 is 5.65. The summed E-state index contributed by atoms with van der Waals surface area (Å²) in [4.78, 5) is 12.8. The fourth-order valence-electron chi connectivity index (χ4n) is 2.05. The Morgan fingerprint density at radius 2 is 2.31 bits per heavy atom. The predicted octanol–water partition coefficient (Wildman–Crippen LogP) is 1.74. The van der Waals surface area contributed by atoms with E-state index in [2.05, 4.69) is 13.8 Å². The number of hydrogen-bond acceptors (Lipinski definition) is 3. The molecule has 2 atom stereocenters. The van der Waals surface area contributed by atoms with E-state index in [-0.39, 0.29) is 12.6 Å². The van der Waals surface area contributed by atoms with Gasteiger partial charge in [0.15, 0.2) is 0 Å². The third-order valence-electron chi connectivity index (χ3n) is 3.26. The molecular formula is C12H23NO3. The molecule has 94 valence electrons. The monoisotopic (exact) mass is 229 g/mol. The van der Waals surface area contributed by atoms with Gasteiger partial charge in [-0.2, -0.15) is 0 Å². The van der Waals surface area contributed by atoms with Gasteiger partial charge < -0.3 is 9.84 Å². The van der Waals surface area contributed by atoms with Crippen molar-refractivity contribution in [2.45, 2.75) is 51.7 Å². The lowest BCUT2D eigenvalue weighted by Gasteiger charge is -2.32. The van der Waals surface area contributed by atoms with Crippen molar-refractivity contribution in [3.8, 4) is 0 Å². The lowest BCUT2D eigenvalue weighted by atomic mass is 10.1. The van der Waals surface area contributed by atoms with Crippen molar-refractivity contribution < 1.29 is 14.6 Å². The number of rotatable bonds is 6. The van der Waals surface area contributed by atoms with E-state index in [1.165, 1.54) is 6.42 Å². The smallest absolute Gasteiger partial charge is 0.317 e. The fourth-order valence-corrected chi connectivity index (χ4v) is 2.05. The van der Waals surface area contributed by atoms with Crippen LogP contribution in [-0.2, 0) is 9.53 Å². The van der Waals surface area contributed by atoms with Gasteiger partial charge in [-0.15, -0.1) is 0 Å². The molecule has 0 amide bonds. The van der Waals surface area contributed by atoms with E-state index in [9.17, 15) is 4.79 Å². The van der Waals surface area contributed by atoms with E-state index in [0.717, 1.165) is 32.4 Å². The van der Waals surface area contributed by atoms with E-state index >= 15 is 0 Å². The molecule has 0 spiro atoms. The molecule has 1 aliphatic rings. The molecule has 0 bridgehead atoms. The van der Waals surface area contributed by atoms with Crippen LogP contribution in [0.25, 0.3) is 0 Å². The fraction of sp³-hybridized carbons (Fsp3) is 0.917. The maximum Gasteiger partial charge on any atom is 0.317 e. The van der Waals surface area contributed by atoms with Gasteiger partial charge in [0.1, 0.15) is 0 Å². The van der Waals surface area contributed by atoms with Gasteiger partial charge in [-0.1, -0.05) is 6.92 Å². The second-order valence-electron chi connectivity index (χ2n) is 4.57. The summed E-state index contributed by atoms with van der Waals surface area (Å²) in [5, 5.41) is 8.88. The summed E-state index contributed by atoms with van der Waals surface area (Å²) in [6.07, 6.45) is 4.60. The molecule has 1 saturated heterocycles. The summed E-state index contributed by atoms with van der Waals surface area (Å²) in [6.45, 7) is 5.86. The highest BCUT2D eigenvalue weighted by molar-refractivity contribution is 5.69. The normalized spacial score (nSPS) is 23.3. The Bertz CT molecular complexity index is 214. The van der Waals surface area contributed by atoms with Gasteiger partial charge in [0.2, 0.25) is 0 Å². The minimum atomic E-state index is -0.754. The van der Waals surface area contributed by atoms with Gasteiger partial charge in [-0.3, -0.25) is 9.69 Å². The maximum absolute atomic E-state index is 10.8. The molecule has 1 rings (SSSR count). The standard InChI is InChI=1S/C12H23NO3/c1-3-10(2)13(9-12(14)15)8-11-6-4-5-7-16-11/h10-11H,3-9H2,1-2H3,(H,14,15). The van der Waals surface area contributed by atoms with E-state index in [1.54, 1.807) is 0 Å². The van der Waals surface area contributed by atoms with E-state index in [1.807, 2.05) is 4.90 Å². The minimum Gasteiger partial charge on any atom is -0.480 e. The Kier molecular flexibility index (Phi) is 5.77. The summed E-state index contributed by atoms with van der Waals surface area (Å²) in [7, 11) is 0. The van der Waals surface area contributed by atoms with Crippen molar-refractivity contribution in [2.75, 3.05) is 19.7 Å². The molecule has 2 unspecified atom stereocenters. The van der Waals surface area contributed by atoms with Crippen LogP contribution in [0.1, 0.15) is 39.5 Å². The number of ether oxygens (including phenoxy) is 1. The van der Waals surface area contributed by atoms with Crippen molar-refractivity contribution in [1.82, 2.24) is 4.90 Å². The van der Waals surface area contributed by atoms with Crippen molar-refractivity contribution in [3.63, 3.8) is 0 Å². The number of carboxylic acids is 1. The molecule has 0 aromatic carbocycles. The number of nitrogens with zero attached hydrogens (tertiary/aromatic N) is 1. The van der Waals surface area contributed by atoms with Crippen LogP contribution in [0, 0.1) is 0 Å². The zero-order chi connectivity index (χ0) is 12.0. The first kappa shape index (κ1) is 13.5. The highest BCUT2D eigenvalue weighted by Crippen LogP contribution is 2.15. The Balaban J connectivity index is 2.44. The van der Waals surface area contributed by atoms with Crippen molar-refractivity contribution >= 4 is 5.97 Å². The van der Waals surface area contributed by atoms with Crippen molar-refractivity contribution in [3.05, 3.63) is 0 Å². The molecule has 0 aliphatic carbocycles. The van der Waals surface area contributed by atoms with Crippen LogP contribution in [0.2, 0.25) is 0 Å². The van der Waals surface area contributed by atoms with E-state index in [4.69, 9.17) is 9.84 Å². The third-order valence-corrected chi connectivity index (χ3v) is 3.26. The summed E-state index contributed by atoms with van der Waals surface area (Å²) in [6, 6.07) is 0.307. The highest BCUT2D eigenvalue weighted by atomic mass is 16.5. The van der Waals surface area contributed by atoms with Crippen LogP contribution in [0.3, 0.4) is 0 Å². The zero-order valence-electron chi connectivity index (χ0n) is 10.3. The number of carboxylic acid groups (broad SMARTS) is 1. The van der Waals surface area contributed by atoms with Crippen molar-refractivity contribution in [2.24, 2.45) is 0 Å². The second-order valence-corrected chi connectivity index (χ2v) is 4.57. The van der Waals surface area contributed by atoms with Gasteiger partial charge >= 0.3 is 5.97 Å². The van der Waals surface area contributed by atoms with Crippen LogP contribution in [0.15, 0.2) is 0 Å². The topological polar surface area (TPSA) is 49.8 Å². The van der Waals surface area contributed by atoms with Crippen LogP contribution < -0.4 is 0 Å². The zero-order valence-corrected chi connectivity index (χ0v) is 10.3. The molecule has 16 heavy (non-hydrogen) atoms. The van der Waals surface area contributed by atoms with Gasteiger partial charge in [0, 0.05) is 19.2 Å². The Morgan fingerprint density at radius 3 is 2.81 bits per heavy atom. The number of carbonyl (C=O) groups is 1. The first-order chi connectivity index (χ1) is 7.63. The van der Waals surface area contributed by atoms with Crippen LogP contribution >= 0.6 is 0 Å². The average Bonchev–Trinajstić information content (AvgIpc) is 2.28. The quantitative estimate of drug-likeness (QED) is 0.753. The third kappa shape index (κ3) is 4.49. The molecule has 4 heteroatoms. The van der Waals surface area contributed by atoms with E-state index in [0.29, 0.717) is 6.04 Å². The molecule has 4 nitrogen and oxygen atoms in total. The SMILES string of the molecule is CCC(C)N(CC(=O)O)CC1CCCCO1. The second kappa shape index (κ2) is 6.86. The Hall–Kier alpha value is -0.610. The maximum atomic E-state index is 10.8. The molecule has 0 aromatic rings. The lowest BCUT2D eigenvalue weighted by Crippen LogP contribution is -2.43. The van der Waals surface area contributed by atoms with Gasteiger partial charge in [-0.25, -0.2) is 0 Å². The lowest BCUT2D eigenvalue weighted by molar-refractivity contribution is -0.139. The van der Waals surface area contributed by atoms with Crippen LogP contribution in [0.4, 0.5) is 0 Å². The number of hydrogen-bond donors (Lipinski definition) is 1. The molecular weight excluding hydrogens is 206 g/mol. The molecule has 1 aliphatic heterocycles. The van der Waals surface area contributed by atoms with Crippen LogP contribution in [-0.4, -0.2) is 47.8 Å². The van der Waals surface area contributed by atoms with Gasteiger partial charge in [-0.05, 0) is 32.6 Å². The Labute approximate surface area is 97.6 Å². The first-order valence-corrected chi connectivity index (χ1v) is 6.21. The van der Waals surface area contributed by atoms with Crippen molar-refractivity contribution in [1.29, 1.82) is 0 Å². The summed E-state index contributed by atoms with van der Waals surface area (Å²) in [5.41, 5.74) is 0. The first-order valence-electron chi connectivity index (χ1n) is 6.21. The minimum absolute atomic E-state index is 0.120. The largest absolute Gasteiger partial charge is 0.480 e. The molecule has 1 heterocycles. The molecule has 1 N–H and O–H groups in total. The average molecular weight is 229 g/mol. The Morgan fingerprint density at radius 1 is 1.56 bits per heavy atom. The molecule has 1 fully saturated rings. The highest BCUT2D eigenvalue weighted by Gasteiger charge is 2.22. The van der Waals surface area contributed by atoms with Crippen LogP contribution in [0.5, 0.6) is 0 Å². The van der Waals surface area contributed by atoms with Gasteiger partial charge in [0.05, 0.1) is 12.6 Å². The predicted molar refractivity (Wildman–Crippen MR) is 62.6 cm³/mol. The molecule has 0 aromatic heterocycles. The molecule has 0 radical (unpaired) electrons.